The first-order valence-electron chi connectivity index (χ1n) is 7.89. The van der Waals surface area contributed by atoms with E-state index in [1.54, 1.807) is 17.6 Å². The maximum absolute atomic E-state index is 5.66. The molecule has 0 spiro atoms. The normalized spacial score (nSPS) is 11.0. The van der Waals surface area contributed by atoms with Gasteiger partial charge in [0.25, 0.3) is 11.1 Å². The van der Waals surface area contributed by atoms with Gasteiger partial charge in [-0.1, -0.05) is 30.0 Å². The minimum absolute atomic E-state index is 0.240. The number of rotatable bonds is 7. The Morgan fingerprint density at radius 1 is 1.19 bits per heavy atom. The number of thioether (sulfide) groups is 1. The van der Waals surface area contributed by atoms with E-state index in [2.05, 4.69) is 15.2 Å². The smallest absolute Gasteiger partial charge is 0.277 e. The van der Waals surface area contributed by atoms with E-state index in [-0.39, 0.29) is 6.61 Å². The molecule has 0 atom stereocenters. The minimum Gasteiger partial charge on any atom is -0.484 e. The lowest BCUT2D eigenvalue weighted by Crippen LogP contribution is -1.95. The van der Waals surface area contributed by atoms with E-state index in [0.29, 0.717) is 22.8 Å². The Labute approximate surface area is 158 Å². The molecule has 0 saturated heterocycles. The fraction of sp³-hybridized carbons (Fsp3) is 0.167. The molecule has 0 radical (unpaired) electrons. The highest BCUT2D eigenvalue weighted by Crippen LogP contribution is 2.26. The predicted molar refractivity (Wildman–Crippen MR) is 99.2 cm³/mol. The van der Waals surface area contributed by atoms with Crippen molar-refractivity contribution in [3.63, 3.8) is 0 Å². The molecule has 132 valence electrons. The summed E-state index contributed by atoms with van der Waals surface area (Å²) in [4.78, 5) is 5.48. The van der Waals surface area contributed by atoms with Gasteiger partial charge in [0.2, 0.25) is 5.89 Å². The van der Waals surface area contributed by atoms with E-state index >= 15 is 0 Å². The summed E-state index contributed by atoms with van der Waals surface area (Å²) in [5, 5.41) is 10.5. The van der Waals surface area contributed by atoms with Crippen LogP contribution in [0.4, 0.5) is 0 Å². The van der Waals surface area contributed by atoms with Crippen LogP contribution in [0.15, 0.2) is 62.1 Å². The SMILES string of the molecule is Cc1cccc(OCc2nnc(SCc3coc(-c4cccs4)n3)o2)c1. The average Bonchev–Trinajstić information content (AvgIpc) is 3.39. The number of hydrogen-bond acceptors (Lipinski definition) is 8. The third kappa shape index (κ3) is 4.14. The van der Waals surface area contributed by atoms with E-state index < -0.39 is 0 Å². The van der Waals surface area contributed by atoms with Gasteiger partial charge in [-0.25, -0.2) is 4.98 Å². The van der Waals surface area contributed by atoms with Crippen LogP contribution in [0.25, 0.3) is 10.8 Å². The number of hydrogen-bond donors (Lipinski definition) is 0. The summed E-state index contributed by atoms with van der Waals surface area (Å²) in [5.74, 6) is 2.44. The van der Waals surface area contributed by atoms with E-state index in [1.807, 2.05) is 48.7 Å². The summed E-state index contributed by atoms with van der Waals surface area (Å²) < 4.78 is 16.8. The maximum Gasteiger partial charge on any atom is 0.277 e. The molecule has 4 aromatic rings. The first-order chi connectivity index (χ1) is 12.8. The molecule has 0 aliphatic rings. The summed E-state index contributed by atoms with van der Waals surface area (Å²) in [7, 11) is 0. The van der Waals surface area contributed by atoms with Crippen LogP contribution in [0.5, 0.6) is 5.75 Å². The number of aryl methyl sites for hydroxylation is 1. The number of ether oxygens (including phenoxy) is 1. The van der Waals surface area contributed by atoms with Gasteiger partial charge in [-0.15, -0.1) is 21.5 Å². The lowest BCUT2D eigenvalue weighted by Gasteiger charge is -2.03. The second-order valence-corrected chi connectivity index (χ2v) is 7.35. The van der Waals surface area contributed by atoms with Crippen molar-refractivity contribution in [1.82, 2.24) is 15.2 Å². The highest BCUT2D eigenvalue weighted by molar-refractivity contribution is 7.98. The number of aromatic nitrogens is 3. The fourth-order valence-corrected chi connectivity index (χ4v) is 3.54. The number of oxazole rings is 1. The monoisotopic (exact) mass is 385 g/mol. The van der Waals surface area contributed by atoms with Crippen molar-refractivity contribution in [3.05, 3.63) is 65.2 Å². The molecule has 0 amide bonds. The molecular weight excluding hydrogens is 370 g/mol. The molecule has 0 fully saturated rings. The van der Waals surface area contributed by atoms with Gasteiger partial charge < -0.3 is 13.6 Å². The lowest BCUT2D eigenvalue weighted by molar-refractivity contribution is 0.252. The molecule has 26 heavy (non-hydrogen) atoms. The van der Waals surface area contributed by atoms with Crippen molar-refractivity contribution < 1.29 is 13.6 Å². The van der Waals surface area contributed by atoms with E-state index in [9.17, 15) is 0 Å². The van der Waals surface area contributed by atoms with Gasteiger partial charge in [-0.3, -0.25) is 0 Å². The van der Waals surface area contributed by atoms with Gasteiger partial charge in [-0.2, -0.15) is 0 Å². The molecular formula is C18H15N3O3S2. The van der Waals surface area contributed by atoms with Gasteiger partial charge >= 0.3 is 0 Å². The molecule has 8 heteroatoms. The zero-order valence-electron chi connectivity index (χ0n) is 13.9. The Balaban J connectivity index is 1.31. The third-order valence-corrected chi connectivity index (χ3v) is 5.14. The molecule has 0 aliphatic carbocycles. The van der Waals surface area contributed by atoms with Crippen molar-refractivity contribution in [2.24, 2.45) is 0 Å². The largest absolute Gasteiger partial charge is 0.484 e. The van der Waals surface area contributed by atoms with Crippen molar-refractivity contribution in [1.29, 1.82) is 0 Å². The van der Waals surface area contributed by atoms with Crippen molar-refractivity contribution in [2.75, 3.05) is 0 Å². The molecule has 0 unspecified atom stereocenters. The first kappa shape index (κ1) is 16.9. The van der Waals surface area contributed by atoms with Crippen LogP contribution in [0.3, 0.4) is 0 Å². The molecule has 0 aliphatic heterocycles. The fourth-order valence-electron chi connectivity index (χ4n) is 2.23. The Bertz CT molecular complexity index is 979. The van der Waals surface area contributed by atoms with E-state index in [1.165, 1.54) is 11.8 Å². The van der Waals surface area contributed by atoms with Gasteiger partial charge in [-0.05, 0) is 36.1 Å². The summed E-state index contributed by atoms with van der Waals surface area (Å²) >= 11 is 3.01. The second kappa shape index (κ2) is 7.76. The summed E-state index contributed by atoms with van der Waals surface area (Å²) in [5.41, 5.74) is 1.97. The van der Waals surface area contributed by atoms with Crippen molar-refractivity contribution in [2.45, 2.75) is 24.5 Å². The predicted octanol–water partition coefficient (Wildman–Crippen LogP) is 4.97. The van der Waals surface area contributed by atoms with Gasteiger partial charge in [0, 0.05) is 5.75 Å². The van der Waals surface area contributed by atoms with Crippen LogP contribution in [-0.4, -0.2) is 15.2 Å². The van der Waals surface area contributed by atoms with Crippen molar-refractivity contribution >= 4 is 23.1 Å². The van der Waals surface area contributed by atoms with E-state index in [0.717, 1.165) is 21.9 Å². The van der Waals surface area contributed by atoms with Gasteiger partial charge in [0.05, 0.1) is 10.6 Å². The van der Waals surface area contributed by atoms with Crippen LogP contribution in [0.2, 0.25) is 0 Å². The average molecular weight is 385 g/mol. The highest BCUT2D eigenvalue weighted by atomic mass is 32.2. The van der Waals surface area contributed by atoms with Crippen LogP contribution in [0, 0.1) is 6.92 Å². The number of benzene rings is 1. The standard InChI is InChI=1S/C18H15N3O3S2/c1-12-4-2-5-14(8-12)22-10-16-20-21-18(24-16)26-11-13-9-23-17(19-13)15-6-3-7-25-15/h2-9H,10-11H2,1H3. The lowest BCUT2D eigenvalue weighted by atomic mass is 10.2. The molecule has 3 aromatic heterocycles. The zero-order valence-corrected chi connectivity index (χ0v) is 15.5. The van der Waals surface area contributed by atoms with Gasteiger partial charge in [0.15, 0.2) is 6.61 Å². The van der Waals surface area contributed by atoms with Crippen molar-refractivity contribution in [3.8, 4) is 16.5 Å². The summed E-state index contributed by atoms with van der Waals surface area (Å²) in [6.07, 6.45) is 1.65. The molecule has 6 nitrogen and oxygen atoms in total. The zero-order chi connectivity index (χ0) is 17.8. The molecule has 0 bridgehead atoms. The van der Waals surface area contributed by atoms with Crippen LogP contribution >= 0.6 is 23.1 Å². The van der Waals surface area contributed by atoms with Crippen LogP contribution in [0.1, 0.15) is 17.1 Å². The van der Waals surface area contributed by atoms with E-state index in [4.69, 9.17) is 13.6 Å². The quantitative estimate of drug-likeness (QED) is 0.416. The molecule has 0 N–H and O–H groups in total. The topological polar surface area (TPSA) is 74.2 Å². The Morgan fingerprint density at radius 2 is 2.15 bits per heavy atom. The Kier molecular flexibility index (Phi) is 5.03. The highest BCUT2D eigenvalue weighted by Gasteiger charge is 2.11. The number of nitrogens with zero attached hydrogens (tertiary/aromatic N) is 3. The first-order valence-corrected chi connectivity index (χ1v) is 9.76. The molecule has 3 heterocycles. The minimum atomic E-state index is 0.240. The third-order valence-electron chi connectivity index (χ3n) is 3.43. The summed E-state index contributed by atoms with van der Waals surface area (Å²) in [6, 6.07) is 11.8. The Morgan fingerprint density at radius 3 is 3.00 bits per heavy atom. The van der Waals surface area contributed by atoms with Crippen LogP contribution < -0.4 is 4.74 Å². The van der Waals surface area contributed by atoms with Crippen LogP contribution in [-0.2, 0) is 12.4 Å². The molecule has 4 rings (SSSR count). The maximum atomic E-state index is 5.66. The molecule has 1 aromatic carbocycles. The van der Waals surface area contributed by atoms with Gasteiger partial charge in [0.1, 0.15) is 12.0 Å². The Hall–Kier alpha value is -2.58. The molecule has 0 saturated carbocycles. The summed E-state index contributed by atoms with van der Waals surface area (Å²) in [6.45, 7) is 2.26. The number of thiophene rings is 1. The second-order valence-electron chi connectivity index (χ2n) is 5.48.